The molecule has 1 heterocycles. The molecule has 0 amide bonds. The fraction of sp³-hybridized carbons (Fsp3) is 0.182. The largest absolute Gasteiger partial charge is 0.490 e. The van der Waals surface area contributed by atoms with Crippen LogP contribution in [-0.2, 0) is 6.54 Å². The first kappa shape index (κ1) is 12.7. The molecular weight excluding hydrogens is 250 g/mol. The molecule has 0 radical (unpaired) electrons. The molecule has 0 aliphatic heterocycles. The summed E-state index contributed by atoms with van der Waals surface area (Å²) in [6.45, 7) is 0.462. The molecular formula is C11H13N5O3. The average molecular weight is 263 g/mol. The summed E-state index contributed by atoms with van der Waals surface area (Å²) in [6.07, 6.45) is 1.62. The zero-order valence-corrected chi connectivity index (χ0v) is 10.2. The zero-order valence-electron chi connectivity index (χ0n) is 10.2. The first-order valence-electron chi connectivity index (χ1n) is 5.46. The van der Waals surface area contributed by atoms with Crippen molar-refractivity contribution in [2.45, 2.75) is 6.54 Å². The van der Waals surface area contributed by atoms with Gasteiger partial charge in [-0.3, -0.25) is 15.2 Å². The van der Waals surface area contributed by atoms with Gasteiger partial charge in [-0.1, -0.05) is 0 Å². The van der Waals surface area contributed by atoms with Crippen molar-refractivity contribution in [2.75, 3.05) is 18.2 Å². The topological polar surface area (TPSA) is 119 Å². The predicted molar refractivity (Wildman–Crippen MR) is 70.0 cm³/mol. The second kappa shape index (κ2) is 5.25. The Labute approximate surface area is 108 Å². The quantitative estimate of drug-likeness (QED) is 0.555. The van der Waals surface area contributed by atoms with Crippen LogP contribution in [0.1, 0.15) is 5.56 Å². The van der Waals surface area contributed by atoms with Gasteiger partial charge in [-0.2, -0.15) is 5.10 Å². The number of nitrogen functional groups attached to an aromatic ring is 1. The standard InChI is InChI=1S/C11H13N5O3/c1-19-10-4-8(2-3-9(10)16(17)18)13-5-7-6-14-15-11(7)12/h2-4,6,13H,5H2,1H3,(H3,12,14,15). The minimum Gasteiger partial charge on any atom is -0.490 e. The van der Waals surface area contributed by atoms with Gasteiger partial charge in [-0.05, 0) is 6.07 Å². The number of methoxy groups -OCH3 is 1. The highest BCUT2D eigenvalue weighted by Gasteiger charge is 2.14. The molecule has 100 valence electrons. The minimum absolute atomic E-state index is 0.0733. The van der Waals surface area contributed by atoms with Crippen molar-refractivity contribution in [1.82, 2.24) is 10.2 Å². The van der Waals surface area contributed by atoms with Crippen LogP contribution in [-0.4, -0.2) is 22.2 Å². The van der Waals surface area contributed by atoms with Gasteiger partial charge in [0.15, 0.2) is 5.75 Å². The Hall–Kier alpha value is -2.77. The number of nitrogens with zero attached hydrogens (tertiary/aromatic N) is 2. The van der Waals surface area contributed by atoms with Gasteiger partial charge in [0.25, 0.3) is 0 Å². The van der Waals surface area contributed by atoms with E-state index in [0.29, 0.717) is 18.1 Å². The number of aromatic amines is 1. The lowest BCUT2D eigenvalue weighted by Crippen LogP contribution is -2.02. The third-order valence-electron chi connectivity index (χ3n) is 2.61. The van der Waals surface area contributed by atoms with Crippen molar-refractivity contribution >= 4 is 17.2 Å². The molecule has 19 heavy (non-hydrogen) atoms. The van der Waals surface area contributed by atoms with Crippen LogP contribution >= 0.6 is 0 Å². The summed E-state index contributed by atoms with van der Waals surface area (Å²) in [4.78, 5) is 10.3. The summed E-state index contributed by atoms with van der Waals surface area (Å²) < 4.78 is 4.98. The summed E-state index contributed by atoms with van der Waals surface area (Å²) in [5, 5.41) is 20.3. The summed E-state index contributed by atoms with van der Waals surface area (Å²) in [5.41, 5.74) is 7.09. The number of hydrogen-bond acceptors (Lipinski definition) is 6. The number of nitrogens with one attached hydrogen (secondary N) is 2. The van der Waals surface area contributed by atoms with E-state index in [1.807, 2.05) is 0 Å². The monoisotopic (exact) mass is 263 g/mol. The van der Waals surface area contributed by atoms with Gasteiger partial charge < -0.3 is 15.8 Å². The Morgan fingerprint density at radius 1 is 1.58 bits per heavy atom. The van der Waals surface area contributed by atoms with Crippen LogP contribution in [0.25, 0.3) is 0 Å². The fourth-order valence-corrected chi connectivity index (χ4v) is 1.60. The highest BCUT2D eigenvalue weighted by Crippen LogP contribution is 2.29. The first-order valence-corrected chi connectivity index (χ1v) is 5.46. The fourth-order valence-electron chi connectivity index (χ4n) is 1.60. The molecule has 8 nitrogen and oxygen atoms in total. The van der Waals surface area contributed by atoms with E-state index in [1.165, 1.54) is 13.2 Å². The molecule has 0 atom stereocenters. The average Bonchev–Trinajstić information content (AvgIpc) is 2.81. The van der Waals surface area contributed by atoms with Crippen molar-refractivity contribution in [3.05, 3.63) is 40.1 Å². The van der Waals surface area contributed by atoms with E-state index in [9.17, 15) is 10.1 Å². The third kappa shape index (κ3) is 2.73. The van der Waals surface area contributed by atoms with Crippen molar-refractivity contribution in [2.24, 2.45) is 0 Å². The van der Waals surface area contributed by atoms with E-state index in [0.717, 1.165) is 5.56 Å². The van der Waals surface area contributed by atoms with E-state index < -0.39 is 4.92 Å². The molecule has 2 aromatic rings. The second-order valence-electron chi connectivity index (χ2n) is 3.81. The molecule has 2 rings (SSSR count). The number of nitro benzene ring substituents is 1. The molecule has 1 aromatic carbocycles. The van der Waals surface area contributed by atoms with Crippen molar-refractivity contribution in [3.8, 4) is 5.75 Å². The highest BCUT2D eigenvalue weighted by molar-refractivity contribution is 5.58. The van der Waals surface area contributed by atoms with Gasteiger partial charge in [0.1, 0.15) is 5.82 Å². The molecule has 8 heteroatoms. The highest BCUT2D eigenvalue weighted by atomic mass is 16.6. The van der Waals surface area contributed by atoms with Gasteiger partial charge in [0, 0.05) is 29.9 Å². The van der Waals surface area contributed by atoms with Crippen molar-refractivity contribution < 1.29 is 9.66 Å². The first-order chi connectivity index (χ1) is 9.11. The molecule has 0 unspecified atom stereocenters. The SMILES string of the molecule is COc1cc(NCc2cn[nH]c2N)ccc1[N+](=O)[O-]. The number of anilines is 2. The minimum atomic E-state index is -0.489. The summed E-state index contributed by atoms with van der Waals surface area (Å²) >= 11 is 0. The van der Waals surface area contributed by atoms with Crippen LogP contribution in [0.4, 0.5) is 17.2 Å². The van der Waals surface area contributed by atoms with Gasteiger partial charge >= 0.3 is 5.69 Å². The normalized spacial score (nSPS) is 10.2. The van der Waals surface area contributed by atoms with Crippen LogP contribution in [0, 0.1) is 10.1 Å². The van der Waals surface area contributed by atoms with E-state index >= 15 is 0 Å². The Balaban J connectivity index is 2.13. The van der Waals surface area contributed by atoms with Gasteiger partial charge in [-0.25, -0.2) is 0 Å². The van der Waals surface area contributed by atoms with Crippen LogP contribution in [0.5, 0.6) is 5.75 Å². The number of H-pyrrole nitrogens is 1. The van der Waals surface area contributed by atoms with E-state index in [-0.39, 0.29) is 11.4 Å². The second-order valence-corrected chi connectivity index (χ2v) is 3.81. The molecule has 1 aromatic heterocycles. The zero-order chi connectivity index (χ0) is 13.8. The van der Waals surface area contributed by atoms with E-state index in [2.05, 4.69) is 15.5 Å². The summed E-state index contributed by atoms with van der Waals surface area (Å²) in [6, 6.07) is 4.56. The Morgan fingerprint density at radius 2 is 2.37 bits per heavy atom. The van der Waals surface area contributed by atoms with Crippen LogP contribution in [0.3, 0.4) is 0 Å². The molecule has 0 spiro atoms. The maximum atomic E-state index is 10.8. The Kier molecular flexibility index (Phi) is 3.51. The van der Waals surface area contributed by atoms with Crippen LogP contribution in [0.2, 0.25) is 0 Å². The maximum absolute atomic E-state index is 10.8. The van der Waals surface area contributed by atoms with E-state index in [4.69, 9.17) is 10.5 Å². The number of aromatic nitrogens is 2. The third-order valence-corrected chi connectivity index (χ3v) is 2.61. The molecule has 0 fully saturated rings. The molecule has 0 saturated heterocycles. The number of rotatable bonds is 5. The van der Waals surface area contributed by atoms with Crippen LogP contribution < -0.4 is 15.8 Å². The molecule has 0 bridgehead atoms. The van der Waals surface area contributed by atoms with Crippen molar-refractivity contribution in [1.29, 1.82) is 0 Å². The van der Waals surface area contributed by atoms with Gasteiger partial charge in [0.05, 0.1) is 18.2 Å². The molecule has 4 N–H and O–H groups in total. The smallest absolute Gasteiger partial charge is 0.311 e. The lowest BCUT2D eigenvalue weighted by atomic mass is 10.2. The van der Waals surface area contributed by atoms with Crippen molar-refractivity contribution in [3.63, 3.8) is 0 Å². The Morgan fingerprint density at radius 3 is 2.95 bits per heavy atom. The van der Waals surface area contributed by atoms with Gasteiger partial charge in [-0.15, -0.1) is 0 Å². The molecule has 0 aliphatic carbocycles. The Bertz CT molecular complexity index is 596. The van der Waals surface area contributed by atoms with E-state index in [1.54, 1.807) is 18.3 Å². The molecule has 0 saturated carbocycles. The summed E-state index contributed by atoms with van der Waals surface area (Å²) in [7, 11) is 1.39. The maximum Gasteiger partial charge on any atom is 0.311 e. The predicted octanol–water partition coefficient (Wildman–Crippen LogP) is 1.52. The number of hydrogen-bond donors (Lipinski definition) is 3. The number of ether oxygens (including phenoxy) is 1. The molecule has 0 aliphatic rings. The number of nitrogens with two attached hydrogens (primary N) is 1. The van der Waals surface area contributed by atoms with Crippen LogP contribution in [0.15, 0.2) is 24.4 Å². The van der Waals surface area contributed by atoms with Gasteiger partial charge in [0.2, 0.25) is 0 Å². The lowest BCUT2D eigenvalue weighted by Gasteiger charge is -2.07. The lowest BCUT2D eigenvalue weighted by molar-refractivity contribution is -0.385. The number of nitro groups is 1. The summed E-state index contributed by atoms with van der Waals surface area (Å²) in [5.74, 6) is 0.691. The number of benzene rings is 1.